The van der Waals surface area contributed by atoms with Crippen LogP contribution in [0.1, 0.15) is 32.6 Å². The third kappa shape index (κ3) is 3.53. The van der Waals surface area contributed by atoms with Crippen molar-refractivity contribution in [1.82, 2.24) is 5.32 Å². The molecule has 0 aromatic heterocycles. The van der Waals surface area contributed by atoms with Crippen LogP contribution in [0.3, 0.4) is 0 Å². The Morgan fingerprint density at radius 1 is 1.30 bits per heavy atom. The van der Waals surface area contributed by atoms with E-state index in [1.54, 1.807) is 31.3 Å². The van der Waals surface area contributed by atoms with Crippen LogP contribution in [-0.4, -0.2) is 18.2 Å². The van der Waals surface area contributed by atoms with Crippen molar-refractivity contribution in [2.75, 3.05) is 11.9 Å². The van der Waals surface area contributed by atoms with Crippen molar-refractivity contribution in [2.24, 2.45) is 5.92 Å². The summed E-state index contributed by atoms with van der Waals surface area (Å²) < 4.78 is 0. The van der Waals surface area contributed by atoms with Gasteiger partial charge in [-0.25, -0.2) is 4.79 Å². The van der Waals surface area contributed by atoms with Crippen molar-refractivity contribution in [3.8, 4) is 5.75 Å². The second-order valence-corrected chi connectivity index (χ2v) is 5.39. The molecule has 0 aliphatic heterocycles. The Kier molecular flexibility index (Phi) is 4.66. The first-order chi connectivity index (χ1) is 9.58. The van der Waals surface area contributed by atoms with E-state index >= 15 is 0 Å². The van der Waals surface area contributed by atoms with Gasteiger partial charge in [-0.1, -0.05) is 18.4 Å². The quantitative estimate of drug-likeness (QED) is 0.884. The Morgan fingerprint density at radius 2 is 1.90 bits per heavy atom. The Morgan fingerprint density at radius 3 is 2.50 bits per heavy atom. The number of hydrogen-bond donors (Lipinski definition) is 2. The average molecular weight is 274 g/mol. The molecule has 0 unspecified atom stereocenters. The van der Waals surface area contributed by atoms with Gasteiger partial charge in [0.2, 0.25) is 0 Å². The molecule has 0 atom stereocenters. The lowest BCUT2D eigenvalue weighted by Gasteiger charge is -2.17. The lowest BCUT2D eigenvalue weighted by molar-refractivity contribution is 0.250. The van der Waals surface area contributed by atoms with Crippen molar-refractivity contribution in [1.29, 1.82) is 0 Å². The van der Waals surface area contributed by atoms with Crippen LogP contribution in [0.2, 0.25) is 0 Å². The highest BCUT2D eigenvalue weighted by Crippen LogP contribution is 2.30. The van der Waals surface area contributed by atoms with Gasteiger partial charge in [-0.05, 0) is 49.9 Å². The number of phenolic OH excluding ortho intramolecular Hbond substituents is 1. The molecular formula is C16H22N2O2. The predicted molar refractivity (Wildman–Crippen MR) is 80.8 cm³/mol. The molecule has 1 aromatic rings. The molecule has 2 amide bonds. The minimum atomic E-state index is -0.173. The molecule has 1 aliphatic rings. The fourth-order valence-electron chi connectivity index (χ4n) is 2.56. The fraction of sp³-hybridized carbons (Fsp3) is 0.438. The van der Waals surface area contributed by atoms with Crippen LogP contribution in [0.25, 0.3) is 0 Å². The smallest absolute Gasteiger partial charge is 0.325 e. The second kappa shape index (κ2) is 6.46. The van der Waals surface area contributed by atoms with Crippen LogP contribution in [0.4, 0.5) is 10.5 Å². The lowest BCUT2D eigenvalue weighted by atomic mass is 10.0. The average Bonchev–Trinajstić information content (AvgIpc) is 2.98. The third-order valence-electron chi connectivity index (χ3n) is 3.96. The molecule has 2 rings (SSSR count). The standard InChI is InChI=1S/C16H22N2O2/c1-12(13-5-3-4-6-13)11-17-16(20)18(2)14-7-9-15(19)10-8-14/h7-11,13,19H,3-6H2,1-2H3,(H,17,20)/b12-11+. The highest BCUT2D eigenvalue weighted by molar-refractivity contribution is 5.92. The van der Waals surface area contributed by atoms with E-state index < -0.39 is 0 Å². The topological polar surface area (TPSA) is 52.6 Å². The van der Waals surface area contributed by atoms with Crippen molar-refractivity contribution < 1.29 is 9.90 Å². The second-order valence-electron chi connectivity index (χ2n) is 5.39. The summed E-state index contributed by atoms with van der Waals surface area (Å²) in [6, 6.07) is 6.38. The number of amides is 2. The van der Waals surface area contributed by atoms with Gasteiger partial charge in [-0.3, -0.25) is 4.90 Å². The van der Waals surface area contributed by atoms with Crippen molar-refractivity contribution in [3.63, 3.8) is 0 Å². The van der Waals surface area contributed by atoms with Crippen LogP contribution in [-0.2, 0) is 0 Å². The van der Waals surface area contributed by atoms with E-state index in [4.69, 9.17) is 0 Å². The summed E-state index contributed by atoms with van der Waals surface area (Å²) in [6.45, 7) is 2.08. The molecular weight excluding hydrogens is 252 g/mol. The predicted octanol–water partition coefficient (Wildman–Crippen LogP) is 3.63. The molecule has 1 saturated carbocycles. The van der Waals surface area contributed by atoms with Gasteiger partial charge in [0.25, 0.3) is 0 Å². The van der Waals surface area contributed by atoms with E-state index in [0.717, 1.165) is 5.69 Å². The summed E-state index contributed by atoms with van der Waals surface area (Å²) >= 11 is 0. The van der Waals surface area contributed by atoms with Crippen molar-refractivity contribution in [3.05, 3.63) is 36.0 Å². The molecule has 0 saturated heterocycles. The number of rotatable bonds is 3. The molecule has 0 radical (unpaired) electrons. The van der Waals surface area contributed by atoms with Gasteiger partial charge in [-0.2, -0.15) is 0 Å². The zero-order chi connectivity index (χ0) is 14.5. The zero-order valence-corrected chi connectivity index (χ0v) is 12.1. The number of phenols is 1. The fourth-order valence-corrected chi connectivity index (χ4v) is 2.56. The van der Waals surface area contributed by atoms with E-state index in [9.17, 15) is 9.90 Å². The summed E-state index contributed by atoms with van der Waals surface area (Å²) in [5.41, 5.74) is 1.99. The third-order valence-corrected chi connectivity index (χ3v) is 3.96. The number of urea groups is 1. The van der Waals surface area contributed by atoms with Crippen LogP contribution in [0, 0.1) is 5.92 Å². The zero-order valence-electron chi connectivity index (χ0n) is 12.1. The van der Waals surface area contributed by atoms with Gasteiger partial charge in [0.1, 0.15) is 5.75 Å². The van der Waals surface area contributed by atoms with Gasteiger partial charge < -0.3 is 10.4 Å². The highest BCUT2D eigenvalue weighted by atomic mass is 16.3. The summed E-state index contributed by atoms with van der Waals surface area (Å²) in [6.07, 6.45) is 6.86. The Bertz CT molecular complexity index is 488. The summed E-state index contributed by atoms with van der Waals surface area (Å²) in [5, 5.41) is 12.1. The normalized spacial score (nSPS) is 16.2. The minimum Gasteiger partial charge on any atom is -0.508 e. The number of hydrogen-bond acceptors (Lipinski definition) is 2. The number of carbonyl (C=O) groups is 1. The Hall–Kier alpha value is -1.97. The Labute approximate surface area is 120 Å². The van der Waals surface area contributed by atoms with Crippen molar-refractivity contribution in [2.45, 2.75) is 32.6 Å². The molecule has 0 spiro atoms. The van der Waals surface area contributed by atoms with Gasteiger partial charge in [0.15, 0.2) is 0 Å². The molecule has 1 aliphatic carbocycles. The maximum absolute atomic E-state index is 12.1. The molecule has 4 nitrogen and oxygen atoms in total. The highest BCUT2D eigenvalue weighted by Gasteiger charge is 2.17. The lowest BCUT2D eigenvalue weighted by Crippen LogP contribution is -2.34. The first-order valence-corrected chi connectivity index (χ1v) is 7.08. The van der Waals surface area contributed by atoms with Crippen LogP contribution in [0.5, 0.6) is 5.75 Å². The summed E-state index contributed by atoms with van der Waals surface area (Å²) in [5.74, 6) is 0.814. The Balaban J connectivity index is 1.93. The van der Waals surface area contributed by atoms with Crippen LogP contribution in [0.15, 0.2) is 36.0 Å². The first kappa shape index (κ1) is 14.4. The number of nitrogens with one attached hydrogen (secondary N) is 1. The number of allylic oxidation sites excluding steroid dienone is 1. The molecule has 20 heavy (non-hydrogen) atoms. The number of benzene rings is 1. The number of anilines is 1. The van der Waals surface area contributed by atoms with E-state index in [0.29, 0.717) is 5.92 Å². The van der Waals surface area contributed by atoms with E-state index in [2.05, 4.69) is 12.2 Å². The summed E-state index contributed by atoms with van der Waals surface area (Å²) in [7, 11) is 1.71. The minimum absolute atomic E-state index is 0.173. The van der Waals surface area contributed by atoms with E-state index in [1.807, 2.05) is 6.20 Å². The van der Waals surface area contributed by atoms with Crippen molar-refractivity contribution >= 4 is 11.7 Å². The van der Waals surface area contributed by atoms with Gasteiger partial charge in [-0.15, -0.1) is 0 Å². The molecule has 1 aromatic carbocycles. The van der Waals surface area contributed by atoms with Crippen LogP contribution >= 0.6 is 0 Å². The van der Waals surface area contributed by atoms with E-state index in [1.165, 1.54) is 36.2 Å². The SMILES string of the molecule is C/C(=C\NC(=O)N(C)c1ccc(O)cc1)C1CCCC1. The monoisotopic (exact) mass is 274 g/mol. The maximum Gasteiger partial charge on any atom is 0.325 e. The molecule has 0 bridgehead atoms. The maximum atomic E-state index is 12.1. The molecule has 108 valence electrons. The van der Waals surface area contributed by atoms with Gasteiger partial charge in [0, 0.05) is 18.9 Å². The number of nitrogens with zero attached hydrogens (tertiary/aromatic N) is 1. The largest absolute Gasteiger partial charge is 0.508 e. The summed E-state index contributed by atoms with van der Waals surface area (Å²) in [4.78, 5) is 13.6. The van der Waals surface area contributed by atoms with Gasteiger partial charge >= 0.3 is 6.03 Å². The number of aromatic hydroxyl groups is 1. The van der Waals surface area contributed by atoms with Crippen LogP contribution < -0.4 is 10.2 Å². The van der Waals surface area contributed by atoms with Gasteiger partial charge in [0.05, 0.1) is 0 Å². The number of carbonyl (C=O) groups excluding carboxylic acids is 1. The molecule has 0 heterocycles. The van der Waals surface area contributed by atoms with E-state index in [-0.39, 0.29) is 11.8 Å². The molecule has 1 fully saturated rings. The first-order valence-electron chi connectivity index (χ1n) is 7.08. The molecule has 4 heteroatoms. The molecule has 2 N–H and O–H groups in total.